The van der Waals surface area contributed by atoms with Crippen molar-refractivity contribution in [2.24, 2.45) is 0 Å². The molecule has 0 rings (SSSR count). The molecule has 0 saturated carbocycles. The van der Waals surface area contributed by atoms with Gasteiger partial charge in [0.05, 0.1) is 0 Å². The van der Waals surface area contributed by atoms with E-state index in [1.165, 1.54) is 25.9 Å². The Morgan fingerprint density at radius 1 is 0.778 bits per heavy atom. The van der Waals surface area contributed by atoms with Crippen LogP contribution in [-0.4, -0.2) is 63.3 Å². The van der Waals surface area contributed by atoms with E-state index >= 15 is 0 Å². The van der Waals surface area contributed by atoms with E-state index in [2.05, 4.69) is 43.2 Å². The average Bonchev–Trinajstić information content (AvgIpc) is 2.17. The van der Waals surface area contributed by atoms with Crippen LogP contribution in [0.4, 0.5) is 0 Å². The third-order valence-corrected chi connectivity index (χ3v) is 5.47. The Balaban J connectivity index is 3.41. The van der Waals surface area contributed by atoms with Crippen LogP contribution in [0, 0.1) is 0 Å². The van der Waals surface area contributed by atoms with Crippen LogP contribution in [0.25, 0.3) is 0 Å². The first-order valence-corrected chi connectivity index (χ1v) is 14.8. The lowest BCUT2D eigenvalue weighted by Gasteiger charge is -2.22. The van der Waals surface area contributed by atoms with E-state index in [0.717, 1.165) is 29.7 Å². The molecule has 0 saturated heterocycles. The highest BCUT2D eigenvalue weighted by Gasteiger charge is 2.14. The molecule has 0 aromatic carbocycles. The van der Waals surface area contributed by atoms with Gasteiger partial charge in [-0.3, -0.25) is 0 Å². The fourth-order valence-corrected chi connectivity index (χ4v) is 3.68. The highest BCUT2D eigenvalue weighted by Crippen LogP contribution is 2.04. The van der Waals surface area contributed by atoms with Crippen LogP contribution in [0.1, 0.15) is 12.8 Å². The maximum absolute atomic E-state index is 5.86. The summed E-state index contributed by atoms with van der Waals surface area (Å²) in [4.78, 5) is 0. The van der Waals surface area contributed by atoms with Gasteiger partial charge in [-0.1, -0.05) is 0 Å². The van der Waals surface area contributed by atoms with Crippen LogP contribution in [0.3, 0.4) is 0 Å². The minimum absolute atomic E-state index is 0.930. The van der Waals surface area contributed by atoms with Gasteiger partial charge >= 0.3 is 16.5 Å². The molecule has 0 aromatic rings. The van der Waals surface area contributed by atoms with Crippen molar-refractivity contribution < 1.29 is 8.85 Å². The summed E-state index contributed by atoms with van der Waals surface area (Å²) in [6.07, 6.45) is 2.34. The Bertz CT molecular complexity index is 195. The predicted octanol–water partition coefficient (Wildman–Crippen LogP) is 2.32. The summed E-state index contributed by atoms with van der Waals surface area (Å²) in [6.45, 7) is 17.7. The predicted molar refractivity (Wildman–Crippen MR) is 87.9 cm³/mol. The highest BCUT2D eigenvalue weighted by molar-refractivity contribution is 6.70. The zero-order valence-corrected chi connectivity index (χ0v) is 17.5. The van der Waals surface area contributed by atoms with Gasteiger partial charge in [0.1, 0.15) is 0 Å². The molecule has 0 amide bonds. The zero-order chi connectivity index (χ0) is 14.2. The molecule has 0 aliphatic heterocycles. The first-order chi connectivity index (χ1) is 8.10. The van der Waals surface area contributed by atoms with Crippen molar-refractivity contribution in [2.45, 2.75) is 52.1 Å². The molecule has 0 radical (unpaired) electrons. The quantitative estimate of drug-likeness (QED) is 0.457. The molecule has 0 bridgehead atoms. The van der Waals surface area contributed by atoms with E-state index in [9.17, 15) is 0 Å². The van der Waals surface area contributed by atoms with E-state index in [-0.39, 0.29) is 0 Å². The monoisotopic (exact) mass is 305 g/mol. The van der Waals surface area contributed by atoms with Gasteiger partial charge in [0.25, 0.3) is 0 Å². The lowest BCUT2D eigenvalue weighted by Crippen LogP contribution is -2.30. The molecule has 0 aliphatic rings. The lowest BCUT2D eigenvalue weighted by molar-refractivity contribution is 0.266. The summed E-state index contributed by atoms with van der Waals surface area (Å²) >= 11 is 1.15. The average molecular weight is 306 g/mol. The molecular formula is C12H32AlNO2Si2. The SMILES string of the molecule is C[Si](C)(C)OCCC[N]([AlH2])CCCO[Si](C)(C)C. The Morgan fingerprint density at radius 3 is 1.39 bits per heavy atom. The number of hydrogen-bond acceptors (Lipinski definition) is 3. The minimum Gasteiger partial charge on any atom is -0.418 e. The van der Waals surface area contributed by atoms with Crippen molar-refractivity contribution in [3.63, 3.8) is 0 Å². The molecule has 0 spiro atoms. The standard InChI is InChI=1S/C12H30NO2Si2.Al.2H/c1-16(2,3)14-11-7-9-13-10-8-12-15-17(4,5)6;;;/h7-12H2,1-6H3;;;/q-1;+1;;. The van der Waals surface area contributed by atoms with Crippen molar-refractivity contribution in [3.8, 4) is 0 Å². The molecule has 0 aliphatic carbocycles. The Kier molecular flexibility index (Phi) is 9.33. The molecule has 0 fully saturated rings. The zero-order valence-electron chi connectivity index (χ0n) is 13.5. The van der Waals surface area contributed by atoms with Gasteiger partial charge in [-0.2, -0.15) is 0 Å². The van der Waals surface area contributed by atoms with E-state index in [1.807, 2.05) is 0 Å². The van der Waals surface area contributed by atoms with Gasteiger partial charge in [0.2, 0.25) is 0 Å². The van der Waals surface area contributed by atoms with Crippen molar-refractivity contribution in [2.75, 3.05) is 26.3 Å². The van der Waals surface area contributed by atoms with Gasteiger partial charge in [-0.05, 0) is 65.2 Å². The van der Waals surface area contributed by atoms with E-state index in [0.29, 0.717) is 0 Å². The molecule has 18 heavy (non-hydrogen) atoms. The normalized spacial score (nSPS) is 13.3. The maximum Gasteiger partial charge on any atom is 0.321 e. The fourth-order valence-electron chi connectivity index (χ4n) is 1.54. The van der Waals surface area contributed by atoms with Crippen molar-refractivity contribution in [3.05, 3.63) is 0 Å². The number of hydrogen-bond donors (Lipinski definition) is 0. The van der Waals surface area contributed by atoms with Gasteiger partial charge < -0.3 is 12.7 Å². The largest absolute Gasteiger partial charge is 0.418 e. The molecule has 108 valence electrons. The van der Waals surface area contributed by atoms with Crippen molar-refractivity contribution in [1.29, 1.82) is 0 Å². The van der Waals surface area contributed by atoms with Crippen LogP contribution in [0.2, 0.25) is 39.3 Å². The molecule has 0 N–H and O–H groups in total. The second kappa shape index (κ2) is 8.91. The molecule has 0 atom stereocenters. The van der Waals surface area contributed by atoms with Crippen LogP contribution in [-0.2, 0) is 8.85 Å². The van der Waals surface area contributed by atoms with Crippen LogP contribution < -0.4 is 0 Å². The first kappa shape index (κ1) is 18.8. The third kappa shape index (κ3) is 14.9. The molecule has 0 unspecified atom stereocenters. The first-order valence-electron chi connectivity index (χ1n) is 7.07. The molecular weight excluding hydrogens is 273 g/mol. The summed E-state index contributed by atoms with van der Waals surface area (Å²) in [6, 6.07) is 0. The molecule has 6 heteroatoms. The Morgan fingerprint density at radius 2 is 1.11 bits per heavy atom. The smallest absolute Gasteiger partial charge is 0.321 e. The summed E-state index contributed by atoms with van der Waals surface area (Å²) < 4.78 is 14.2. The van der Waals surface area contributed by atoms with Gasteiger partial charge in [-0.15, -0.1) is 0 Å². The van der Waals surface area contributed by atoms with E-state index in [4.69, 9.17) is 8.85 Å². The second-order valence-electron chi connectivity index (χ2n) is 6.93. The van der Waals surface area contributed by atoms with Crippen molar-refractivity contribution >= 4 is 33.1 Å². The lowest BCUT2D eigenvalue weighted by atomic mass is 10.4. The fraction of sp³-hybridized carbons (Fsp3) is 1.00. The highest BCUT2D eigenvalue weighted by atomic mass is 28.4. The maximum atomic E-state index is 5.86. The van der Waals surface area contributed by atoms with Crippen molar-refractivity contribution in [1.82, 2.24) is 3.88 Å². The topological polar surface area (TPSA) is 21.7 Å². The molecule has 0 aromatic heterocycles. The summed E-state index contributed by atoms with van der Waals surface area (Å²) in [7, 11) is -2.61. The van der Waals surface area contributed by atoms with Gasteiger partial charge in [0.15, 0.2) is 16.6 Å². The number of nitrogens with zero attached hydrogens (tertiary/aromatic N) is 1. The molecule has 0 heterocycles. The molecule has 3 nitrogen and oxygen atoms in total. The third-order valence-electron chi connectivity index (χ3n) is 2.44. The summed E-state index contributed by atoms with van der Waals surface area (Å²) in [5.74, 6) is 0. The van der Waals surface area contributed by atoms with Crippen LogP contribution in [0.15, 0.2) is 0 Å². The van der Waals surface area contributed by atoms with Gasteiger partial charge in [0, 0.05) is 13.2 Å². The Labute approximate surface area is 124 Å². The minimum atomic E-state index is -1.30. The van der Waals surface area contributed by atoms with E-state index < -0.39 is 16.6 Å². The summed E-state index contributed by atoms with van der Waals surface area (Å²) in [5, 5.41) is 0. The van der Waals surface area contributed by atoms with E-state index in [1.54, 1.807) is 0 Å². The second-order valence-corrected chi connectivity index (χ2v) is 17.2. The Hall–Kier alpha value is 0.846. The van der Waals surface area contributed by atoms with Crippen LogP contribution >= 0.6 is 0 Å². The number of rotatable bonds is 10. The summed E-state index contributed by atoms with van der Waals surface area (Å²) in [5.41, 5.74) is 0. The van der Waals surface area contributed by atoms with Gasteiger partial charge in [-0.25, -0.2) is 0 Å². The van der Waals surface area contributed by atoms with Crippen LogP contribution in [0.5, 0.6) is 0 Å².